The predicted octanol–water partition coefficient (Wildman–Crippen LogP) is 3.91. The van der Waals surface area contributed by atoms with Crippen LogP contribution in [0.2, 0.25) is 10.2 Å². The molecule has 1 saturated carbocycles. The Bertz CT molecular complexity index is 804. The van der Waals surface area contributed by atoms with Gasteiger partial charge in [0.05, 0.1) is 5.02 Å². The summed E-state index contributed by atoms with van der Waals surface area (Å²) in [6.45, 7) is 0. The lowest BCUT2D eigenvalue weighted by molar-refractivity contribution is -0.140. The Morgan fingerprint density at radius 1 is 1.21 bits per heavy atom. The zero-order valence-electron chi connectivity index (χ0n) is 12.8. The first-order chi connectivity index (χ1) is 11.5. The second-order valence-corrected chi connectivity index (χ2v) is 6.76. The minimum atomic E-state index is -1.00. The Labute approximate surface area is 149 Å². The summed E-state index contributed by atoms with van der Waals surface area (Å²) in [6, 6.07) is 4.00. The number of aromatic nitrogens is 1. The van der Waals surface area contributed by atoms with E-state index in [1.807, 2.05) is 0 Å². The van der Waals surface area contributed by atoms with Gasteiger partial charge in [-0.05, 0) is 30.9 Å². The Kier molecular flexibility index (Phi) is 4.92. The molecule has 1 unspecified atom stereocenters. The number of halogens is 2. The van der Waals surface area contributed by atoms with Gasteiger partial charge >= 0.3 is 5.97 Å². The topological polar surface area (TPSA) is 79.3 Å². The number of benzene rings is 1. The fourth-order valence-corrected chi connectivity index (χ4v) is 3.63. The molecule has 1 aliphatic rings. The minimum absolute atomic E-state index is 0.0217. The maximum atomic E-state index is 12.5. The number of carboxylic acids is 1. The number of nitrogens with one attached hydrogen (secondary N) is 1. The number of nitrogens with zero attached hydrogens (tertiary/aromatic N) is 1. The van der Waals surface area contributed by atoms with Crippen LogP contribution in [0.5, 0.6) is 0 Å². The van der Waals surface area contributed by atoms with Crippen LogP contribution < -0.4 is 5.32 Å². The van der Waals surface area contributed by atoms with Gasteiger partial charge in [-0.1, -0.05) is 42.1 Å². The highest BCUT2D eigenvalue weighted by Crippen LogP contribution is 2.30. The highest BCUT2D eigenvalue weighted by molar-refractivity contribution is 6.39. The van der Waals surface area contributed by atoms with E-state index in [2.05, 4.69) is 10.3 Å². The number of carboxylic acid groups (broad SMARTS) is 1. The predicted molar refractivity (Wildman–Crippen MR) is 92.6 cm³/mol. The highest BCUT2D eigenvalue weighted by Gasteiger charge is 2.32. The standard InChI is InChI=1S/C17H16Cl2N2O3/c18-13-8-20-15(19)12-7-10(5-6-11(12)13)16(22)21-14(17(23)24)9-3-1-2-4-9/h5-9,14H,1-4H2,(H,21,22)(H,23,24). The van der Waals surface area contributed by atoms with Crippen molar-refractivity contribution in [2.45, 2.75) is 31.7 Å². The zero-order chi connectivity index (χ0) is 17.3. The van der Waals surface area contributed by atoms with E-state index in [1.165, 1.54) is 6.20 Å². The van der Waals surface area contributed by atoms with Gasteiger partial charge in [0.2, 0.25) is 0 Å². The maximum Gasteiger partial charge on any atom is 0.326 e. The van der Waals surface area contributed by atoms with Gasteiger partial charge in [0, 0.05) is 22.5 Å². The summed E-state index contributed by atoms with van der Waals surface area (Å²) in [4.78, 5) is 28.0. The van der Waals surface area contributed by atoms with Crippen LogP contribution in [0, 0.1) is 5.92 Å². The largest absolute Gasteiger partial charge is 0.480 e. The number of carbonyl (C=O) groups excluding carboxylic acids is 1. The van der Waals surface area contributed by atoms with E-state index in [4.69, 9.17) is 23.2 Å². The number of rotatable bonds is 4. The fraction of sp³-hybridized carbons (Fsp3) is 0.353. The van der Waals surface area contributed by atoms with Gasteiger partial charge in [0.1, 0.15) is 11.2 Å². The van der Waals surface area contributed by atoms with E-state index in [9.17, 15) is 14.7 Å². The van der Waals surface area contributed by atoms with Crippen LogP contribution in [0.4, 0.5) is 0 Å². The molecule has 1 amide bonds. The van der Waals surface area contributed by atoms with E-state index < -0.39 is 17.9 Å². The molecule has 126 valence electrons. The molecule has 2 aromatic rings. The van der Waals surface area contributed by atoms with Gasteiger partial charge in [-0.2, -0.15) is 0 Å². The summed E-state index contributed by atoms with van der Waals surface area (Å²) >= 11 is 12.1. The monoisotopic (exact) mass is 366 g/mol. The third-order valence-electron chi connectivity index (χ3n) is 4.48. The summed E-state index contributed by atoms with van der Waals surface area (Å²) in [5, 5.41) is 14.0. The molecule has 0 spiro atoms. The van der Waals surface area contributed by atoms with Crippen molar-refractivity contribution in [3.63, 3.8) is 0 Å². The molecule has 0 radical (unpaired) electrons. The van der Waals surface area contributed by atoms with E-state index in [1.54, 1.807) is 18.2 Å². The van der Waals surface area contributed by atoms with Crippen LogP contribution in [-0.2, 0) is 4.79 Å². The molecule has 1 aliphatic carbocycles. The van der Waals surface area contributed by atoms with Crippen LogP contribution in [0.25, 0.3) is 10.8 Å². The quantitative estimate of drug-likeness (QED) is 0.803. The Morgan fingerprint density at radius 2 is 1.92 bits per heavy atom. The summed E-state index contributed by atoms with van der Waals surface area (Å²) in [6.07, 6.45) is 5.09. The van der Waals surface area contributed by atoms with Crippen molar-refractivity contribution in [2.24, 2.45) is 5.92 Å². The number of amides is 1. The average molecular weight is 367 g/mol. The van der Waals surface area contributed by atoms with Gasteiger partial charge in [0.15, 0.2) is 0 Å². The van der Waals surface area contributed by atoms with Crippen molar-refractivity contribution in [2.75, 3.05) is 0 Å². The van der Waals surface area contributed by atoms with E-state index in [0.717, 1.165) is 25.7 Å². The molecule has 2 N–H and O–H groups in total. The molecule has 1 fully saturated rings. The van der Waals surface area contributed by atoms with Crippen molar-refractivity contribution in [1.29, 1.82) is 0 Å². The fourth-order valence-electron chi connectivity index (χ4n) is 3.21. The molecule has 1 atom stereocenters. The van der Waals surface area contributed by atoms with Crippen LogP contribution in [-0.4, -0.2) is 28.0 Å². The molecule has 7 heteroatoms. The van der Waals surface area contributed by atoms with Crippen molar-refractivity contribution in [1.82, 2.24) is 10.3 Å². The molecule has 1 aromatic heterocycles. The Morgan fingerprint density at radius 3 is 2.58 bits per heavy atom. The lowest BCUT2D eigenvalue weighted by Gasteiger charge is -2.20. The van der Waals surface area contributed by atoms with Gasteiger partial charge in [-0.3, -0.25) is 4.79 Å². The summed E-state index contributed by atoms with van der Waals surface area (Å²) in [5.41, 5.74) is 0.331. The molecule has 1 aromatic carbocycles. The normalized spacial score (nSPS) is 16.2. The number of pyridine rings is 1. The first kappa shape index (κ1) is 17.0. The summed E-state index contributed by atoms with van der Waals surface area (Å²) < 4.78 is 0. The third-order valence-corrected chi connectivity index (χ3v) is 5.08. The van der Waals surface area contributed by atoms with Crippen molar-refractivity contribution in [3.8, 4) is 0 Å². The first-order valence-corrected chi connectivity index (χ1v) is 8.50. The van der Waals surface area contributed by atoms with Crippen LogP contribution in [0.3, 0.4) is 0 Å². The van der Waals surface area contributed by atoms with Crippen molar-refractivity contribution >= 4 is 45.9 Å². The summed E-state index contributed by atoms with van der Waals surface area (Å²) in [7, 11) is 0. The van der Waals surface area contributed by atoms with E-state index in [0.29, 0.717) is 21.4 Å². The van der Waals surface area contributed by atoms with Crippen LogP contribution >= 0.6 is 23.2 Å². The molecular formula is C17H16Cl2N2O3. The van der Waals surface area contributed by atoms with Crippen molar-refractivity contribution in [3.05, 3.63) is 40.1 Å². The van der Waals surface area contributed by atoms with Gasteiger partial charge in [0.25, 0.3) is 5.91 Å². The molecule has 0 aliphatic heterocycles. The molecule has 0 saturated heterocycles. The second-order valence-electron chi connectivity index (χ2n) is 5.99. The lowest BCUT2D eigenvalue weighted by Crippen LogP contribution is -2.45. The smallest absolute Gasteiger partial charge is 0.326 e. The minimum Gasteiger partial charge on any atom is -0.480 e. The number of hydrogen-bond acceptors (Lipinski definition) is 3. The van der Waals surface area contributed by atoms with E-state index >= 15 is 0 Å². The SMILES string of the molecule is O=C(NC(C(=O)O)C1CCCC1)c1ccc2c(Cl)cnc(Cl)c2c1. The molecule has 24 heavy (non-hydrogen) atoms. The maximum absolute atomic E-state index is 12.5. The molecular weight excluding hydrogens is 351 g/mol. The highest BCUT2D eigenvalue weighted by atomic mass is 35.5. The van der Waals surface area contributed by atoms with Gasteiger partial charge in [-0.15, -0.1) is 0 Å². The number of carbonyl (C=O) groups is 2. The number of hydrogen-bond donors (Lipinski definition) is 2. The second kappa shape index (κ2) is 6.95. The van der Waals surface area contributed by atoms with Crippen molar-refractivity contribution < 1.29 is 14.7 Å². The van der Waals surface area contributed by atoms with Gasteiger partial charge < -0.3 is 10.4 Å². The van der Waals surface area contributed by atoms with E-state index in [-0.39, 0.29) is 11.1 Å². The number of aliphatic carboxylic acids is 1. The Hall–Kier alpha value is -1.85. The molecule has 0 bridgehead atoms. The number of fused-ring (bicyclic) bond motifs is 1. The first-order valence-electron chi connectivity index (χ1n) is 7.75. The molecule has 5 nitrogen and oxygen atoms in total. The Balaban J connectivity index is 1.87. The van der Waals surface area contributed by atoms with Crippen LogP contribution in [0.15, 0.2) is 24.4 Å². The average Bonchev–Trinajstić information content (AvgIpc) is 3.09. The lowest BCUT2D eigenvalue weighted by atomic mass is 9.97. The van der Waals surface area contributed by atoms with Crippen LogP contribution in [0.1, 0.15) is 36.0 Å². The van der Waals surface area contributed by atoms with Gasteiger partial charge in [-0.25, -0.2) is 9.78 Å². The summed E-state index contributed by atoms with van der Waals surface area (Å²) in [5.74, 6) is -1.46. The third kappa shape index (κ3) is 3.32. The molecule has 1 heterocycles. The molecule has 3 rings (SSSR count). The zero-order valence-corrected chi connectivity index (χ0v) is 14.3.